The Labute approximate surface area is 190 Å². The second kappa shape index (κ2) is 8.66. The highest BCUT2D eigenvalue weighted by Gasteiger charge is 2.30. The molecular formula is C25H22N4O4. The van der Waals surface area contributed by atoms with Gasteiger partial charge in [0.25, 0.3) is 5.91 Å². The van der Waals surface area contributed by atoms with Crippen molar-refractivity contribution in [3.63, 3.8) is 0 Å². The number of para-hydroxylation sites is 1. The van der Waals surface area contributed by atoms with Crippen LogP contribution in [0.3, 0.4) is 0 Å². The number of carbonyl (C=O) groups is 2. The van der Waals surface area contributed by atoms with E-state index in [0.717, 1.165) is 12.8 Å². The third kappa shape index (κ3) is 4.64. The van der Waals surface area contributed by atoms with Gasteiger partial charge in [-0.25, -0.2) is 4.98 Å². The Morgan fingerprint density at radius 3 is 2.64 bits per heavy atom. The van der Waals surface area contributed by atoms with Crippen LogP contribution < -0.4 is 20.1 Å². The van der Waals surface area contributed by atoms with Gasteiger partial charge in [0.05, 0.1) is 25.1 Å². The summed E-state index contributed by atoms with van der Waals surface area (Å²) in [5.74, 6) is 2.04. The van der Waals surface area contributed by atoms with Gasteiger partial charge in [0.2, 0.25) is 5.91 Å². The van der Waals surface area contributed by atoms with E-state index >= 15 is 0 Å². The van der Waals surface area contributed by atoms with Crippen molar-refractivity contribution in [2.24, 2.45) is 5.92 Å². The van der Waals surface area contributed by atoms with Crippen LogP contribution in [0, 0.1) is 5.92 Å². The van der Waals surface area contributed by atoms with Crippen molar-refractivity contribution in [3.05, 3.63) is 78.6 Å². The number of hydrogen-bond acceptors (Lipinski definition) is 5. The summed E-state index contributed by atoms with van der Waals surface area (Å²) in [6.07, 6.45) is 5.42. The zero-order valence-corrected chi connectivity index (χ0v) is 17.9. The predicted octanol–water partition coefficient (Wildman–Crippen LogP) is 4.74. The van der Waals surface area contributed by atoms with E-state index in [9.17, 15) is 9.59 Å². The highest BCUT2D eigenvalue weighted by atomic mass is 16.5. The molecule has 0 unspecified atom stereocenters. The molecule has 1 aliphatic carbocycles. The number of amides is 2. The van der Waals surface area contributed by atoms with Gasteiger partial charge in [-0.2, -0.15) is 0 Å². The SMILES string of the molecule is COc1ccccc1C(=O)Nc1cccc(Oc2ccc3nc(NC(=O)C4CC4)cn3c2)c1. The maximum absolute atomic E-state index is 12.7. The second-order valence-corrected chi connectivity index (χ2v) is 7.80. The van der Waals surface area contributed by atoms with Crippen LogP contribution in [0.2, 0.25) is 0 Å². The number of ether oxygens (including phenoxy) is 2. The monoisotopic (exact) mass is 442 g/mol. The third-order valence-electron chi connectivity index (χ3n) is 5.30. The second-order valence-electron chi connectivity index (χ2n) is 7.80. The molecule has 1 aliphatic rings. The average molecular weight is 442 g/mol. The molecule has 0 radical (unpaired) electrons. The summed E-state index contributed by atoms with van der Waals surface area (Å²) in [6.45, 7) is 0. The van der Waals surface area contributed by atoms with E-state index in [-0.39, 0.29) is 17.7 Å². The topological polar surface area (TPSA) is 94.0 Å². The summed E-state index contributed by atoms with van der Waals surface area (Å²) in [5.41, 5.74) is 1.74. The van der Waals surface area contributed by atoms with Crippen molar-refractivity contribution in [1.82, 2.24) is 9.38 Å². The maximum atomic E-state index is 12.7. The molecule has 1 fully saturated rings. The molecule has 0 saturated heterocycles. The van der Waals surface area contributed by atoms with Crippen molar-refractivity contribution in [3.8, 4) is 17.2 Å². The minimum Gasteiger partial charge on any atom is -0.496 e. The molecule has 2 aromatic carbocycles. The molecule has 2 N–H and O–H groups in total. The molecule has 33 heavy (non-hydrogen) atoms. The molecule has 2 aromatic heterocycles. The predicted molar refractivity (Wildman–Crippen MR) is 124 cm³/mol. The minimum atomic E-state index is -0.273. The van der Waals surface area contributed by atoms with Gasteiger partial charge in [0, 0.05) is 17.7 Å². The van der Waals surface area contributed by atoms with E-state index in [1.54, 1.807) is 65.3 Å². The number of rotatable bonds is 7. The van der Waals surface area contributed by atoms with Crippen molar-refractivity contribution in [2.45, 2.75) is 12.8 Å². The zero-order valence-electron chi connectivity index (χ0n) is 17.9. The van der Waals surface area contributed by atoms with E-state index in [0.29, 0.717) is 40.0 Å². The van der Waals surface area contributed by atoms with E-state index in [2.05, 4.69) is 15.6 Å². The first-order chi connectivity index (χ1) is 16.1. The Morgan fingerprint density at radius 1 is 0.970 bits per heavy atom. The summed E-state index contributed by atoms with van der Waals surface area (Å²) in [6, 6.07) is 17.8. The van der Waals surface area contributed by atoms with Crippen LogP contribution in [0.1, 0.15) is 23.2 Å². The van der Waals surface area contributed by atoms with Crippen LogP contribution in [0.25, 0.3) is 5.65 Å². The van der Waals surface area contributed by atoms with Crippen LogP contribution in [-0.2, 0) is 4.79 Å². The van der Waals surface area contributed by atoms with Gasteiger partial charge in [-0.3, -0.25) is 9.59 Å². The van der Waals surface area contributed by atoms with Crippen LogP contribution in [-0.4, -0.2) is 28.3 Å². The number of nitrogens with zero attached hydrogens (tertiary/aromatic N) is 2. The fourth-order valence-corrected chi connectivity index (χ4v) is 3.47. The highest BCUT2D eigenvalue weighted by Crippen LogP contribution is 2.30. The number of methoxy groups -OCH3 is 1. The number of fused-ring (bicyclic) bond motifs is 1. The molecule has 166 valence electrons. The Hall–Kier alpha value is -4.33. The lowest BCUT2D eigenvalue weighted by molar-refractivity contribution is -0.117. The zero-order chi connectivity index (χ0) is 22.8. The normalized spacial score (nSPS) is 12.9. The Morgan fingerprint density at radius 2 is 1.82 bits per heavy atom. The molecule has 1 saturated carbocycles. The smallest absolute Gasteiger partial charge is 0.259 e. The third-order valence-corrected chi connectivity index (χ3v) is 5.30. The van der Waals surface area contributed by atoms with Gasteiger partial charge >= 0.3 is 0 Å². The molecule has 4 aromatic rings. The lowest BCUT2D eigenvalue weighted by Gasteiger charge is -2.11. The molecule has 2 heterocycles. The number of anilines is 2. The van der Waals surface area contributed by atoms with Crippen molar-refractivity contribution in [2.75, 3.05) is 17.7 Å². The Kier molecular flexibility index (Phi) is 5.40. The lowest BCUT2D eigenvalue weighted by Crippen LogP contribution is -2.13. The lowest BCUT2D eigenvalue weighted by atomic mass is 10.2. The van der Waals surface area contributed by atoms with E-state index in [4.69, 9.17) is 9.47 Å². The van der Waals surface area contributed by atoms with Gasteiger partial charge in [-0.05, 0) is 49.2 Å². The first-order valence-corrected chi connectivity index (χ1v) is 10.6. The number of pyridine rings is 1. The number of carbonyl (C=O) groups excluding carboxylic acids is 2. The Bertz CT molecular complexity index is 1340. The van der Waals surface area contributed by atoms with Crippen LogP contribution >= 0.6 is 0 Å². The van der Waals surface area contributed by atoms with Crippen LogP contribution in [0.4, 0.5) is 11.5 Å². The number of benzene rings is 2. The summed E-state index contributed by atoms with van der Waals surface area (Å²) in [5, 5.41) is 5.72. The number of nitrogens with one attached hydrogen (secondary N) is 2. The molecule has 8 heteroatoms. The molecule has 0 aliphatic heterocycles. The summed E-state index contributed by atoms with van der Waals surface area (Å²) < 4.78 is 13.0. The number of imidazole rings is 1. The summed E-state index contributed by atoms with van der Waals surface area (Å²) in [4.78, 5) is 29.1. The van der Waals surface area contributed by atoms with Crippen molar-refractivity contribution < 1.29 is 19.1 Å². The van der Waals surface area contributed by atoms with E-state index in [1.807, 2.05) is 12.1 Å². The van der Waals surface area contributed by atoms with Gasteiger partial charge in [-0.1, -0.05) is 18.2 Å². The van der Waals surface area contributed by atoms with Gasteiger partial charge in [0.1, 0.15) is 22.9 Å². The van der Waals surface area contributed by atoms with E-state index in [1.165, 1.54) is 7.11 Å². The van der Waals surface area contributed by atoms with E-state index < -0.39 is 0 Å². The fraction of sp³-hybridized carbons (Fsp3) is 0.160. The molecule has 0 atom stereocenters. The van der Waals surface area contributed by atoms with Gasteiger partial charge < -0.3 is 24.5 Å². The van der Waals surface area contributed by atoms with Crippen molar-refractivity contribution >= 4 is 29.0 Å². The van der Waals surface area contributed by atoms with Crippen molar-refractivity contribution in [1.29, 1.82) is 0 Å². The van der Waals surface area contributed by atoms with Gasteiger partial charge in [0.15, 0.2) is 5.82 Å². The Balaban J connectivity index is 1.29. The molecule has 0 bridgehead atoms. The standard InChI is InChI=1S/C25H22N4O4/c1-32-21-8-3-2-7-20(21)25(31)26-17-5-4-6-18(13-17)33-19-11-12-23-27-22(15-29(23)14-19)28-24(30)16-9-10-16/h2-8,11-16H,9-10H2,1H3,(H,26,31)(H,28,30). The van der Waals surface area contributed by atoms with Crippen LogP contribution in [0.15, 0.2) is 73.1 Å². The van der Waals surface area contributed by atoms with Crippen LogP contribution in [0.5, 0.6) is 17.2 Å². The number of hydrogen-bond donors (Lipinski definition) is 2. The number of aromatic nitrogens is 2. The average Bonchev–Trinajstić information content (AvgIpc) is 3.60. The molecule has 0 spiro atoms. The molecule has 2 amide bonds. The van der Waals surface area contributed by atoms with Gasteiger partial charge in [-0.15, -0.1) is 0 Å². The first-order valence-electron chi connectivity index (χ1n) is 10.6. The molecular weight excluding hydrogens is 420 g/mol. The first kappa shape index (κ1) is 20.6. The maximum Gasteiger partial charge on any atom is 0.259 e. The highest BCUT2D eigenvalue weighted by molar-refractivity contribution is 6.06. The largest absolute Gasteiger partial charge is 0.496 e. The summed E-state index contributed by atoms with van der Waals surface area (Å²) in [7, 11) is 1.53. The molecule has 5 rings (SSSR count). The molecule has 8 nitrogen and oxygen atoms in total. The minimum absolute atomic E-state index is 0.0156. The summed E-state index contributed by atoms with van der Waals surface area (Å²) >= 11 is 0. The fourth-order valence-electron chi connectivity index (χ4n) is 3.47. The quantitative estimate of drug-likeness (QED) is 0.431.